The number of nitrogens with one attached hydrogen (secondary N) is 2. The van der Waals surface area contributed by atoms with E-state index in [1.165, 1.54) is 0 Å². The quantitative estimate of drug-likeness (QED) is 0.796. The lowest BCUT2D eigenvalue weighted by Crippen LogP contribution is -2.57. The number of hydrogen-bond acceptors (Lipinski definition) is 3. The maximum Gasteiger partial charge on any atom is 0.258 e. The molecule has 0 spiro atoms. The second-order valence-electron chi connectivity index (χ2n) is 4.52. The highest BCUT2D eigenvalue weighted by molar-refractivity contribution is 5.99. The van der Waals surface area contributed by atoms with Gasteiger partial charge in [0.1, 0.15) is 6.04 Å². The molecular weight excluding hydrogens is 232 g/mol. The van der Waals surface area contributed by atoms with Crippen LogP contribution in [0.25, 0.3) is 0 Å². The highest BCUT2D eigenvalue weighted by atomic mass is 16.2. The summed E-state index contributed by atoms with van der Waals surface area (Å²) in [7, 11) is 0. The first-order valence-electron chi connectivity index (χ1n) is 6.16. The van der Waals surface area contributed by atoms with Gasteiger partial charge in [0, 0.05) is 18.8 Å². The Bertz CT molecular complexity index is 461. The topological polar surface area (TPSA) is 78.1 Å². The lowest BCUT2D eigenvalue weighted by atomic mass is 10.1. The number of nitrogens with zero attached hydrogens (tertiary/aromatic N) is 2. The molecule has 98 valence electrons. The average Bonchev–Trinajstić information content (AvgIpc) is 2.68. The molecule has 18 heavy (non-hydrogen) atoms. The molecule has 0 aliphatic carbocycles. The van der Waals surface area contributed by atoms with Gasteiger partial charge in [-0.15, -0.1) is 0 Å². The molecular formula is C12H18N4O2. The van der Waals surface area contributed by atoms with E-state index in [9.17, 15) is 9.59 Å². The van der Waals surface area contributed by atoms with Gasteiger partial charge in [0.2, 0.25) is 5.91 Å². The van der Waals surface area contributed by atoms with Crippen molar-refractivity contribution in [1.82, 2.24) is 20.4 Å². The van der Waals surface area contributed by atoms with E-state index >= 15 is 0 Å². The van der Waals surface area contributed by atoms with Crippen LogP contribution in [0.4, 0.5) is 0 Å². The molecule has 6 nitrogen and oxygen atoms in total. The fourth-order valence-electron chi connectivity index (χ4n) is 2.37. The molecule has 2 heterocycles. The molecule has 1 unspecified atom stereocenters. The van der Waals surface area contributed by atoms with Gasteiger partial charge in [0.05, 0.1) is 11.3 Å². The van der Waals surface area contributed by atoms with Crippen LogP contribution in [0.15, 0.2) is 0 Å². The van der Waals surface area contributed by atoms with E-state index in [1.54, 1.807) is 11.8 Å². The van der Waals surface area contributed by atoms with Crippen molar-refractivity contribution in [3.63, 3.8) is 0 Å². The van der Waals surface area contributed by atoms with Crippen molar-refractivity contribution in [3.8, 4) is 0 Å². The molecule has 1 aliphatic heterocycles. The molecule has 0 aromatic carbocycles. The van der Waals surface area contributed by atoms with Crippen molar-refractivity contribution in [2.24, 2.45) is 0 Å². The summed E-state index contributed by atoms with van der Waals surface area (Å²) in [6.07, 6.45) is 0.619. The van der Waals surface area contributed by atoms with Crippen molar-refractivity contribution in [2.75, 3.05) is 13.1 Å². The van der Waals surface area contributed by atoms with Crippen molar-refractivity contribution >= 4 is 11.8 Å². The molecule has 0 bridgehead atoms. The zero-order chi connectivity index (χ0) is 13.3. The molecule has 2 N–H and O–H groups in total. The van der Waals surface area contributed by atoms with Crippen molar-refractivity contribution in [3.05, 3.63) is 17.0 Å². The van der Waals surface area contributed by atoms with Gasteiger partial charge in [-0.25, -0.2) is 0 Å². The Morgan fingerprint density at radius 1 is 1.50 bits per heavy atom. The first-order valence-corrected chi connectivity index (χ1v) is 6.16. The predicted molar refractivity (Wildman–Crippen MR) is 66.2 cm³/mol. The Kier molecular flexibility index (Phi) is 3.36. The fraction of sp³-hybridized carbons (Fsp3) is 0.583. The van der Waals surface area contributed by atoms with E-state index in [4.69, 9.17) is 0 Å². The third kappa shape index (κ3) is 1.98. The number of carbonyl (C=O) groups excluding carboxylic acids is 2. The van der Waals surface area contributed by atoms with Gasteiger partial charge in [-0.2, -0.15) is 5.10 Å². The second-order valence-corrected chi connectivity index (χ2v) is 4.52. The number of amides is 2. The molecule has 2 amide bonds. The highest BCUT2D eigenvalue weighted by Gasteiger charge is 2.33. The summed E-state index contributed by atoms with van der Waals surface area (Å²) in [6, 6.07) is -0.375. The van der Waals surface area contributed by atoms with E-state index in [2.05, 4.69) is 15.5 Å². The van der Waals surface area contributed by atoms with Gasteiger partial charge in [-0.05, 0) is 20.3 Å². The second kappa shape index (κ2) is 4.80. The molecule has 1 aromatic rings. The smallest absolute Gasteiger partial charge is 0.258 e. The fourth-order valence-corrected chi connectivity index (χ4v) is 2.37. The third-order valence-electron chi connectivity index (χ3n) is 3.32. The van der Waals surface area contributed by atoms with E-state index in [-0.39, 0.29) is 17.9 Å². The van der Waals surface area contributed by atoms with E-state index in [0.29, 0.717) is 30.8 Å². The summed E-state index contributed by atoms with van der Waals surface area (Å²) < 4.78 is 0. The zero-order valence-corrected chi connectivity index (χ0v) is 10.9. The lowest BCUT2D eigenvalue weighted by molar-refractivity contribution is -0.127. The Morgan fingerprint density at radius 3 is 2.78 bits per heavy atom. The average molecular weight is 250 g/mol. The molecule has 1 atom stereocenters. The number of aromatic nitrogens is 2. The number of carbonyl (C=O) groups is 2. The highest BCUT2D eigenvalue weighted by Crippen LogP contribution is 2.17. The van der Waals surface area contributed by atoms with Gasteiger partial charge in [0.25, 0.3) is 5.91 Å². The third-order valence-corrected chi connectivity index (χ3v) is 3.32. The van der Waals surface area contributed by atoms with Crippen LogP contribution in [0.5, 0.6) is 0 Å². The van der Waals surface area contributed by atoms with Crippen LogP contribution in [0.3, 0.4) is 0 Å². The minimum absolute atomic E-state index is 0.0732. The number of aromatic amines is 1. The van der Waals surface area contributed by atoms with Crippen LogP contribution < -0.4 is 5.32 Å². The van der Waals surface area contributed by atoms with Crippen LogP contribution in [0.2, 0.25) is 0 Å². The Morgan fingerprint density at radius 2 is 2.22 bits per heavy atom. The van der Waals surface area contributed by atoms with Crippen LogP contribution in [0.1, 0.15) is 35.1 Å². The van der Waals surface area contributed by atoms with Crippen molar-refractivity contribution < 1.29 is 9.59 Å². The van der Waals surface area contributed by atoms with Gasteiger partial charge < -0.3 is 10.2 Å². The molecule has 0 radical (unpaired) electrons. The monoisotopic (exact) mass is 250 g/mol. The summed E-state index contributed by atoms with van der Waals surface area (Å²) in [5.41, 5.74) is 2.01. The minimum atomic E-state index is -0.375. The maximum absolute atomic E-state index is 12.5. The SMILES string of the molecule is CCC1C(=O)NCCN1C(=O)c1c(C)n[nH]c1C. The van der Waals surface area contributed by atoms with Crippen molar-refractivity contribution in [1.29, 1.82) is 0 Å². The molecule has 0 saturated carbocycles. The zero-order valence-electron chi connectivity index (χ0n) is 10.9. The van der Waals surface area contributed by atoms with Crippen LogP contribution >= 0.6 is 0 Å². The normalized spacial score (nSPS) is 19.8. The van der Waals surface area contributed by atoms with Crippen LogP contribution in [-0.4, -0.2) is 46.0 Å². The Balaban J connectivity index is 2.30. The summed E-state index contributed by atoms with van der Waals surface area (Å²) in [5, 5.41) is 9.62. The molecule has 1 fully saturated rings. The molecule has 2 rings (SSSR count). The standard InChI is InChI=1S/C12H18N4O2/c1-4-9-11(17)13-5-6-16(9)12(18)10-7(2)14-15-8(10)3/h9H,4-6H2,1-3H3,(H,13,17)(H,14,15). The van der Waals surface area contributed by atoms with Gasteiger partial charge in [0.15, 0.2) is 0 Å². The first kappa shape index (κ1) is 12.6. The molecule has 1 aromatic heterocycles. The van der Waals surface area contributed by atoms with E-state index in [0.717, 1.165) is 5.69 Å². The first-order chi connectivity index (χ1) is 8.56. The van der Waals surface area contributed by atoms with E-state index in [1.807, 2.05) is 13.8 Å². The van der Waals surface area contributed by atoms with Crippen molar-refractivity contribution in [2.45, 2.75) is 33.2 Å². The number of H-pyrrole nitrogens is 1. The predicted octanol–water partition coefficient (Wildman–Crippen LogP) is 0.377. The van der Waals surface area contributed by atoms with Gasteiger partial charge >= 0.3 is 0 Å². The number of aryl methyl sites for hydroxylation is 2. The molecule has 6 heteroatoms. The summed E-state index contributed by atoms with van der Waals surface area (Å²) in [6.45, 7) is 6.58. The largest absolute Gasteiger partial charge is 0.353 e. The van der Waals surface area contributed by atoms with Gasteiger partial charge in [-0.3, -0.25) is 14.7 Å². The Hall–Kier alpha value is -1.85. The number of rotatable bonds is 2. The molecule has 1 aliphatic rings. The Labute approximate surface area is 106 Å². The minimum Gasteiger partial charge on any atom is -0.353 e. The summed E-state index contributed by atoms with van der Waals surface area (Å²) in [4.78, 5) is 25.9. The number of piperazine rings is 1. The molecule has 1 saturated heterocycles. The lowest BCUT2D eigenvalue weighted by Gasteiger charge is -2.34. The maximum atomic E-state index is 12.5. The van der Waals surface area contributed by atoms with Gasteiger partial charge in [-0.1, -0.05) is 6.92 Å². The van der Waals surface area contributed by atoms with Crippen LogP contribution in [0, 0.1) is 13.8 Å². The van der Waals surface area contributed by atoms with Crippen LogP contribution in [-0.2, 0) is 4.79 Å². The van der Waals surface area contributed by atoms with E-state index < -0.39 is 0 Å². The summed E-state index contributed by atoms with van der Waals surface area (Å²) in [5.74, 6) is -0.184. The number of hydrogen-bond donors (Lipinski definition) is 2. The summed E-state index contributed by atoms with van der Waals surface area (Å²) >= 11 is 0.